The summed E-state index contributed by atoms with van der Waals surface area (Å²) in [6.07, 6.45) is 6.78. The Hall–Kier alpha value is -0.760. The first kappa shape index (κ1) is 11.7. The molecular weight excluding hydrogens is 222 g/mol. The van der Waals surface area contributed by atoms with E-state index < -0.39 is 0 Å². The molecule has 2 atom stereocenters. The van der Waals surface area contributed by atoms with Crippen molar-refractivity contribution in [2.24, 2.45) is 11.8 Å². The molecule has 3 heteroatoms. The fourth-order valence-corrected chi connectivity index (χ4v) is 2.69. The average molecular weight is 240 g/mol. The van der Waals surface area contributed by atoms with Crippen LogP contribution < -0.4 is 5.32 Å². The summed E-state index contributed by atoms with van der Waals surface area (Å²) in [5.74, 6) is 1.26. The Morgan fingerprint density at radius 2 is 2.44 bits per heavy atom. The van der Waals surface area contributed by atoms with E-state index in [9.17, 15) is 4.79 Å². The number of allylic oxidation sites excluding steroid dienone is 3. The molecule has 88 valence electrons. The van der Waals surface area contributed by atoms with Crippen LogP contribution in [-0.2, 0) is 4.79 Å². The van der Waals surface area contributed by atoms with E-state index in [0.717, 1.165) is 19.4 Å². The summed E-state index contributed by atoms with van der Waals surface area (Å²) in [5, 5.41) is 3.37. The molecule has 2 nitrogen and oxygen atoms in total. The van der Waals surface area contributed by atoms with Gasteiger partial charge in [0.25, 0.3) is 0 Å². The number of hydrogen-bond acceptors (Lipinski definition) is 2. The maximum atomic E-state index is 12.1. The van der Waals surface area contributed by atoms with Crippen molar-refractivity contribution in [2.45, 2.75) is 26.2 Å². The highest BCUT2D eigenvalue weighted by atomic mass is 35.5. The molecule has 1 N–H and O–H groups in total. The second-order valence-corrected chi connectivity index (χ2v) is 4.95. The molecule has 1 heterocycles. The molecule has 2 aliphatic rings. The molecule has 0 aromatic carbocycles. The number of alkyl halides is 1. The van der Waals surface area contributed by atoms with Crippen LogP contribution in [0.5, 0.6) is 0 Å². The van der Waals surface area contributed by atoms with Crippen molar-refractivity contribution >= 4 is 17.4 Å². The van der Waals surface area contributed by atoms with Crippen LogP contribution in [0.1, 0.15) is 26.2 Å². The molecule has 0 fully saturated rings. The van der Waals surface area contributed by atoms with Gasteiger partial charge in [-0.2, -0.15) is 0 Å². The van der Waals surface area contributed by atoms with Crippen molar-refractivity contribution in [2.75, 3.05) is 12.4 Å². The van der Waals surface area contributed by atoms with Crippen molar-refractivity contribution in [1.29, 1.82) is 0 Å². The molecule has 0 spiro atoms. The van der Waals surface area contributed by atoms with E-state index in [1.807, 2.05) is 0 Å². The van der Waals surface area contributed by atoms with E-state index in [-0.39, 0.29) is 5.92 Å². The van der Waals surface area contributed by atoms with Crippen LogP contribution in [0.15, 0.2) is 23.4 Å². The topological polar surface area (TPSA) is 29.1 Å². The number of Topliss-reactive ketones (excluding diaryl/α,β-unsaturated/α-hetero) is 1. The first-order valence-corrected chi connectivity index (χ1v) is 6.51. The summed E-state index contributed by atoms with van der Waals surface area (Å²) in [6, 6.07) is 0. The predicted octanol–water partition coefficient (Wildman–Crippen LogP) is 2.64. The lowest BCUT2D eigenvalue weighted by Crippen LogP contribution is -2.30. The molecule has 0 saturated heterocycles. The van der Waals surface area contributed by atoms with E-state index in [0.29, 0.717) is 24.0 Å². The minimum Gasteiger partial charge on any atom is -0.387 e. The van der Waals surface area contributed by atoms with Gasteiger partial charge in [0.15, 0.2) is 0 Å². The van der Waals surface area contributed by atoms with Crippen LogP contribution in [0, 0.1) is 11.8 Å². The Labute approximate surface area is 102 Å². The number of rotatable bonds is 4. The van der Waals surface area contributed by atoms with Gasteiger partial charge in [0.1, 0.15) is 5.78 Å². The second kappa shape index (κ2) is 5.05. The minimum atomic E-state index is 0.0470. The molecular formula is C13H18ClNO. The minimum absolute atomic E-state index is 0.0470. The van der Waals surface area contributed by atoms with Crippen molar-refractivity contribution < 1.29 is 4.79 Å². The first-order chi connectivity index (χ1) is 7.74. The lowest BCUT2D eigenvalue weighted by molar-refractivity contribution is -0.122. The lowest BCUT2D eigenvalue weighted by Gasteiger charge is -2.26. The zero-order valence-corrected chi connectivity index (χ0v) is 10.4. The van der Waals surface area contributed by atoms with E-state index in [1.165, 1.54) is 11.3 Å². The molecule has 2 rings (SSSR count). The number of halogens is 1. The standard InChI is InChI=1S/C13H18ClNO/c1-9-4-5-10-6-8-15-13(10)12(9)11(16)3-2-7-14/h4-5,9,12,15H,2-3,6-8H2,1H3. The largest absolute Gasteiger partial charge is 0.387 e. The van der Waals surface area contributed by atoms with Gasteiger partial charge in [0.2, 0.25) is 0 Å². The van der Waals surface area contributed by atoms with Crippen molar-refractivity contribution in [3.63, 3.8) is 0 Å². The maximum absolute atomic E-state index is 12.1. The second-order valence-electron chi connectivity index (χ2n) is 4.57. The van der Waals surface area contributed by atoms with Crippen molar-refractivity contribution in [1.82, 2.24) is 5.32 Å². The van der Waals surface area contributed by atoms with Crippen LogP contribution in [0.4, 0.5) is 0 Å². The smallest absolute Gasteiger partial charge is 0.142 e. The van der Waals surface area contributed by atoms with Gasteiger partial charge in [-0.15, -0.1) is 11.6 Å². The monoisotopic (exact) mass is 239 g/mol. The Kier molecular flexibility index (Phi) is 3.70. The summed E-state index contributed by atoms with van der Waals surface area (Å²) >= 11 is 5.64. The van der Waals surface area contributed by atoms with Gasteiger partial charge >= 0.3 is 0 Å². The normalized spacial score (nSPS) is 27.9. The molecule has 0 bridgehead atoms. The summed E-state index contributed by atoms with van der Waals surface area (Å²) in [5.41, 5.74) is 2.50. The van der Waals surface area contributed by atoms with Crippen molar-refractivity contribution in [3.05, 3.63) is 23.4 Å². The number of ketones is 1. The number of hydrogen-bond donors (Lipinski definition) is 1. The van der Waals surface area contributed by atoms with Crippen molar-refractivity contribution in [3.8, 4) is 0 Å². The zero-order chi connectivity index (χ0) is 11.5. The number of carbonyl (C=O) groups excluding carboxylic acids is 1. The first-order valence-electron chi connectivity index (χ1n) is 5.98. The third-order valence-corrected chi connectivity index (χ3v) is 3.66. The van der Waals surface area contributed by atoms with Gasteiger partial charge in [-0.1, -0.05) is 19.1 Å². The quantitative estimate of drug-likeness (QED) is 0.765. The molecule has 2 unspecified atom stereocenters. The van der Waals surface area contributed by atoms with Gasteiger partial charge in [-0.25, -0.2) is 0 Å². The summed E-state index contributed by atoms with van der Waals surface area (Å²) in [4.78, 5) is 12.1. The zero-order valence-electron chi connectivity index (χ0n) is 9.63. The van der Waals surface area contributed by atoms with Gasteiger partial charge < -0.3 is 5.32 Å². The Morgan fingerprint density at radius 1 is 1.62 bits per heavy atom. The van der Waals surface area contributed by atoms with Crippen LogP contribution in [0.25, 0.3) is 0 Å². The Bertz CT molecular complexity index is 346. The molecule has 0 aromatic rings. The van der Waals surface area contributed by atoms with Crippen LogP contribution in [0.2, 0.25) is 0 Å². The van der Waals surface area contributed by atoms with E-state index >= 15 is 0 Å². The fourth-order valence-electron chi connectivity index (χ4n) is 2.56. The molecule has 1 aliphatic carbocycles. The number of carbonyl (C=O) groups is 1. The number of nitrogens with one attached hydrogen (secondary N) is 1. The highest BCUT2D eigenvalue weighted by Crippen LogP contribution is 2.34. The summed E-state index contributed by atoms with van der Waals surface area (Å²) < 4.78 is 0. The highest BCUT2D eigenvalue weighted by molar-refractivity contribution is 6.17. The van der Waals surface area contributed by atoms with Gasteiger partial charge in [-0.05, 0) is 24.3 Å². The van der Waals surface area contributed by atoms with E-state index in [1.54, 1.807) is 0 Å². The molecule has 0 saturated carbocycles. The third kappa shape index (κ3) is 2.17. The SMILES string of the molecule is CC1C=CC2=C(NCC2)C1C(=O)CCCCl. The molecule has 1 aliphatic heterocycles. The molecule has 0 amide bonds. The average Bonchev–Trinajstić information content (AvgIpc) is 2.73. The van der Waals surface area contributed by atoms with Gasteiger partial charge in [0.05, 0.1) is 5.92 Å². The Balaban J connectivity index is 2.12. The van der Waals surface area contributed by atoms with E-state index in [2.05, 4.69) is 24.4 Å². The molecule has 0 radical (unpaired) electrons. The van der Waals surface area contributed by atoms with Crippen LogP contribution >= 0.6 is 11.6 Å². The summed E-state index contributed by atoms with van der Waals surface area (Å²) in [6.45, 7) is 3.09. The van der Waals surface area contributed by atoms with Crippen LogP contribution in [-0.4, -0.2) is 18.2 Å². The lowest BCUT2D eigenvalue weighted by atomic mass is 9.80. The predicted molar refractivity (Wildman–Crippen MR) is 66.4 cm³/mol. The van der Waals surface area contributed by atoms with Gasteiger partial charge in [-0.3, -0.25) is 4.79 Å². The molecule has 16 heavy (non-hydrogen) atoms. The molecule has 0 aromatic heterocycles. The fraction of sp³-hybridized carbons (Fsp3) is 0.615. The van der Waals surface area contributed by atoms with Crippen LogP contribution in [0.3, 0.4) is 0 Å². The van der Waals surface area contributed by atoms with Gasteiger partial charge in [0, 0.05) is 24.5 Å². The van der Waals surface area contributed by atoms with E-state index in [4.69, 9.17) is 11.6 Å². The summed E-state index contributed by atoms with van der Waals surface area (Å²) in [7, 11) is 0. The highest BCUT2D eigenvalue weighted by Gasteiger charge is 2.32. The maximum Gasteiger partial charge on any atom is 0.142 e. The Morgan fingerprint density at radius 3 is 3.19 bits per heavy atom. The third-order valence-electron chi connectivity index (χ3n) is 3.40.